The van der Waals surface area contributed by atoms with Crippen molar-refractivity contribution in [2.45, 2.75) is 0 Å². The minimum absolute atomic E-state index is 0.273. The Morgan fingerprint density at radius 3 is 3.18 bits per heavy atom. The summed E-state index contributed by atoms with van der Waals surface area (Å²) in [5, 5.41) is 3.50. The number of nitrogens with zero attached hydrogens (tertiary/aromatic N) is 2. The SMILES string of the molecule is CON=C(C=O)c1cncs1. The van der Waals surface area contributed by atoms with Crippen molar-refractivity contribution < 1.29 is 9.63 Å². The Balaban J connectivity index is 2.88. The zero-order chi connectivity index (χ0) is 8.10. The molecule has 0 unspecified atom stereocenters. The van der Waals surface area contributed by atoms with Gasteiger partial charge in [-0.25, -0.2) is 0 Å². The molecule has 0 aliphatic heterocycles. The second-order valence-electron chi connectivity index (χ2n) is 1.64. The molecule has 0 atom stereocenters. The highest BCUT2D eigenvalue weighted by atomic mass is 32.1. The number of thiazole rings is 1. The molecule has 0 aliphatic rings. The van der Waals surface area contributed by atoms with Gasteiger partial charge in [0.25, 0.3) is 0 Å². The highest BCUT2D eigenvalue weighted by molar-refractivity contribution is 7.12. The normalized spacial score (nSPS) is 11.2. The van der Waals surface area contributed by atoms with Crippen molar-refractivity contribution >= 4 is 23.3 Å². The van der Waals surface area contributed by atoms with Gasteiger partial charge in [0.1, 0.15) is 7.11 Å². The van der Waals surface area contributed by atoms with Gasteiger partial charge in [-0.05, 0) is 0 Å². The highest BCUT2D eigenvalue weighted by Crippen LogP contribution is 2.05. The van der Waals surface area contributed by atoms with Crippen LogP contribution in [-0.4, -0.2) is 24.1 Å². The number of hydrogen-bond acceptors (Lipinski definition) is 5. The first-order valence-corrected chi connectivity index (χ1v) is 3.71. The van der Waals surface area contributed by atoms with Crippen LogP contribution in [0.15, 0.2) is 16.9 Å². The fourth-order valence-corrected chi connectivity index (χ4v) is 1.13. The van der Waals surface area contributed by atoms with Gasteiger partial charge in [0.15, 0.2) is 12.0 Å². The van der Waals surface area contributed by atoms with Gasteiger partial charge in [0.2, 0.25) is 0 Å². The molecule has 58 valence electrons. The Bertz CT molecular complexity index is 256. The average molecular weight is 170 g/mol. The Morgan fingerprint density at radius 2 is 2.73 bits per heavy atom. The van der Waals surface area contributed by atoms with E-state index in [4.69, 9.17) is 0 Å². The number of aldehydes is 1. The number of oxime groups is 1. The predicted octanol–water partition coefficient (Wildman–Crippen LogP) is 0.693. The van der Waals surface area contributed by atoms with Gasteiger partial charge < -0.3 is 4.84 Å². The van der Waals surface area contributed by atoms with E-state index >= 15 is 0 Å². The van der Waals surface area contributed by atoms with E-state index in [0.29, 0.717) is 11.2 Å². The molecule has 0 aliphatic carbocycles. The van der Waals surface area contributed by atoms with Crippen LogP contribution in [0.5, 0.6) is 0 Å². The molecule has 4 nitrogen and oxygen atoms in total. The lowest BCUT2D eigenvalue weighted by molar-refractivity contribution is -0.102. The van der Waals surface area contributed by atoms with Crippen molar-refractivity contribution in [1.82, 2.24) is 4.98 Å². The van der Waals surface area contributed by atoms with E-state index in [2.05, 4.69) is 15.0 Å². The van der Waals surface area contributed by atoms with Crippen molar-refractivity contribution in [3.05, 3.63) is 16.6 Å². The van der Waals surface area contributed by atoms with Crippen LogP contribution in [0.25, 0.3) is 0 Å². The zero-order valence-electron chi connectivity index (χ0n) is 5.85. The summed E-state index contributed by atoms with van der Waals surface area (Å²) in [7, 11) is 1.39. The zero-order valence-corrected chi connectivity index (χ0v) is 6.67. The van der Waals surface area contributed by atoms with E-state index in [1.807, 2.05) is 0 Å². The van der Waals surface area contributed by atoms with E-state index < -0.39 is 0 Å². The first kappa shape index (κ1) is 7.87. The van der Waals surface area contributed by atoms with Crippen LogP contribution in [0.4, 0.5) is 0 Å². The maximum Gasteiger partial charge on any atom is 0.173 e. The second-order valence-corrected chi connectivity index (χ2v) is 2.53. The molecule has 1 rings (SSSR count). The van der Waals surface area contributed by atoms with Crippen LogP contribution in [0.2, 0.25) is 0 Å². The molecule has 1 aromatic heterocycles. The Kier molecular flexibility index (Phi) is 2.74. The molecule has 0 aromatic carbocycles. The van der Waals surface area contributed by atoms with Crippen molar-refractivity contribution in [2.24, 2.45) is 5.16 Å². The maximum atomic E-state index is 10.4. The molecule has 5 heteroatoms. The Labute approximate surface area is 67.5 Å². The van der Waals surface area contributed by atoms with Gasteiger partial charge in [-0.15, -0.1) is 11.3 Å². The molecule has 0 N–H and O–H groups in total. The lowest BCUT2D eigenvalue weighted by atomic mass is 10.4. The first-order valence-electron chi connectivity index (χ1n) is 2.83. The van der Waals surface area contributed by atoms with Gasteiger partial charge in [-0.2, -0.15) is 0 Å². The molecular weight excluding hydrogens is 164 g/mol. The van der Waals surface area contributed by atoms with Gasteiger partial charge in [0, 0.05) is 6.20 Å². The average Bonchev–Trinajstić information content (AvgIpc) is 2.52. The Morgan fingerprint density at radius 1 is 1.91 bits per heavy atom. The molecule has 0 spiro atoms. The minimum atomic E-state index is 0.273. The molecule has 0 saturated heterocycles. The largest absolute Gasteiger partial charge is 0.399 e. The smallest absolute Gasteiger partial charge is 0.173 e. The van der Waals surface area contributed by atoms with Crippen LogP contribution in [-0.2, 0) is 9.63 Å². The van der Waals surface area contributed by atoms with Gasteiger partial charge in [-0.3, -0.25) is 9.78 Å². The topological polar surface area (TPSA) is 51.5 Å². The quantitative estimate of drug-likeness (QED) is 0.381. The van der Waals surface area contributed by atoms with Crippen molar-refractivity contribution in [3.8, 4) is 0 Å². The predicted molar refractivity (Wildman–Crippen MR) is 41.7 cm³/mol. The molecule has 0 saturated carbocycles. The lowest BCUT2D eigenvalue weighted by Gasteiger charge is -1.90. The molecule has 0 bridgehead atoms. The summed E-state index contributed by atoms with van der Waals surface area (Å²) in [6.45, 7) is 0. The van der Waals surface area contributed by atoms with Crippen LogP contribution in [0, 0.1) is 0 Å². The van der Waals surface area contributed by atoms with Gasteiger partial charge in [-0.1, -0.05) is 5.16 Å². The van der Waals surface area contributed by atoms with Crippen LogP contribution in [0.3, 0.4) is 0 Å². The number of hydrogen-bond donors (Lipinski definition) is 0. The lowest BCUT2D eigenvalue weighted by Crippen LogP contribution is -1.99. The summed E-state index contributed by atoms with van der Waals surface area (Å²) in [6.07, 6.45) is 2.20. The molecule has 1 heterocycles. The number of carbonyl (C=O) groups is 1. The third kappa shape index (κ3) is 1.84. The summed E-state index contributed by atoms with van der Waals surface area (Å²) < 4.78 is 0. The molecule has 0 radical (unpaired) electrons. The van der Waals surface area contributed by atoms with E-state index in [9.17, 15) is 4.79 Å². The summed E-state index contributed by atoms with van der Waals surface area (Å²) in [6, 6.07) is 0. The number of aromatic nitrogens is 1. The number of carbonyl (C=O) groups excluding carboxylic acids is 1. The molecule has 0 fully saturated rings. The summed E-state index contributed by atoms with van der Waals surface area (Å²) >= 11 is 1.34. The molecule has 1 aromatic rings. The van der Waals surface area contributed by atoms with Crippen LogP contribution >= 0.6 is 11.3 Å². The number of rotatable bonds is 3. The van der Waals surface area contributed by atoms with Gasteiger partial charge >= 0.3 is 0 Å². The van der Waals surface area contributed by atoms with E-state index in [-0.39, 0.29) is 5.71 Å². The molecule has 11 heavy (non-hydrogen) atoms. The second kappa shape index (κ2) is 3.82. The van der Waals surface area contributed by atoms with E-state index in [1.165, 1.54) is 18.4 Å². The van der Waals surface area contributed by atoms with Crippen molar-refractivity contribution in [3.63, 3.8) is 0 Å². The van der Waals surface area contributed by atoms with Crippen molar-refractivity contribution in [1.29, 1.82) is 0 Å². The van der Waals surface area contributed by atoms with E-state index in [0.717, 1.165) is 0 Å². The first-order chi connectivity index (χ1) is 5.38. The molecular formula is C6H6N2O2S. The van der Waals surface area contributed by atoms with Crippen molar-refractivity contribution in [2.75, 3.05) is 7.11 Å². The third-order valence-corrected chi connectivity index (χ3v) is 1.78. The van der Waals surface area contributed by atoms with E-state index in [1.54, 1.807) is 11.7 Å². The van der Waals surface area contributed by atoms with Crippen LogP contribution in [0.1, 0.15) is 4.88 Å². The monoisotopic (exact) mass is 170 g/mol. The molecule has 0 amide bonds. The fourth-order valence-electron chi connectivity index (χ4n) is 0.565. The maximum absolute atomic E-state index is 10.4. The van der Waals surface area contributed by atoms with Gasteiger partial charge in [0.05, 0.1) is 10.4 Å². The Hall–Kier alpha value is -1.23. The highest BCUT2D eigenvalue weighted by Gasteiger charge is 2.03. The third-order valence-electron chi connectivity index (χ3n) is 0.986. The fraction of sp³-hybridized carbons (Fsp3) is 0.167. The standard InChI is InChI=1S/C6H6N2O2S/c1-10-8-5(3-9)6-2-7-4-11-6/h2-4H,1H3. The minimum Gasteiger partial charge on any atom is -0.399 e. The van der Waals surface area contributed by atoms with Crippen LogP contribution < -0.4 is 0 Å². The summed E-state index contributed by atoms with van der Waals surface area (Å²) in [5.74, 6) is 0. The summed E-state index contributed by atoms with van der Waals surface area (Å²) in [4.78, 5) is 19.3. The summed E-state index contributed by atoms with van der Waals surface area (Å²) in [5.41, 5.74) is 1.90.